The highest BCUT2D eigenvalue weighted by Crippen LogP contribution is 2.39. The number of rotatable bonds is 1. The first kappa shape index (κ1) is 14.8. The maximum Gasteiger partial charge on any atom is 0.270 e. The number of hydrogen-bond acceptors (Lipinski definition) is 4. The molecule has 2 saturated heterocycles. The average molecular weight is 333 g/mol. The number of nitrogens with zero attached hydrogens (tertiary/aromatic N) is 2. The quantitative estimate of drug-likeness (QED) is 0.517. The van der Waals surface area contributed by atoms with Crippen LogP contribution in [0.1, 0.15) is 26.2 Å². The maximum absolute atomic E-state index is 12.7. The zero-order chi connectivity index (χ0) is 15.4. The molecule has 0 spiro atoms. The van der Waals surface area contributed by atoms with Crippen molar-refractivity contribution in [2.75, 3.05) is 18.8 Å². The SMILES string of the molecule is CC1=C(C(=O)N2CCCCC2)N2C(=O)[C@H](Cl)C2S(=O)(=O)C1. The first-order valence-electron chi connectivity index (χ1n) is 7.02. The number of carbonyl (C=O) groups excluding carboxylic acids is 2. The molecule has 0 bridgehead atoms. The van der Waals surface area contributed by atoms with E-state index in [-0.39, 0.29) is 17.4 Å². The van der Waals surface area contributed by atoms with Gasteiger partial charge in [0.2, 0.25) is 5.91 Å². The summed E-state index contributed by atoms with van der Waals surface area (Å²) in [4.78, 5) is 27.4. The molecular weight excluding hydrogens is 316 g/mol. The van der Waals surface area contributed by atoms with Crippen LogP contribution in [0.25, 0.3) is 0 Å². The minimum atomic E-state index is -3.51. The van der Waals surface area contributed by atoms with Crippen LogP contribution in [-0.4, -0.2) is 59.6 Å². The van der Waals surface area contributed by atoms with Crippen molar-refractivity contribution in [1.82, 2.24) is 9.80 Å². The molecule has 0 aromatic heterocycles. The van der Waals surface area contributed by atoms with Crippen LogP contribution in [0.2, 0.25) is 0 Å². The third kappa shape index (κ3) is 2.17. The smallest absolute Gasteiger partial charge is 0.270 e. The van der Waals surface area contributed by atoms with E-state index in [1.807, 2.05) is 0 Å². The zero-order valence-electron chi connectivity index (χ0n) is 11.7. The number of piperidine rings is 1. The lowest BCUT2D eigenvalue weighted by Gasteiger charge is -2.48. The Morgan fingerprint density at radius 1 is 1.24 bits per heavy atom. The second-order valence-electron chi connectivity index (χ2n) is 5.79. The summed E-state index contributed by atoms with van der Waals surface area (Å²) < 4.78 is 24.2. The number of hydrogen-bond donors (Lipinski definition) is 0. The Morgan fingerprint density at radius 2 is 1.86 bits per heavy atom. The predicted octanol–water partition coefficient (Wildman–Crippen LogP) is 0.477. The summed E-state index contributed by atoms with van der Waals surface area (Å²) in [5.41, 5.74) is 0.650. The molecule has 0 saturated carbocycles. The monoisotopic (exact) mass is 332 g/mol. The summed E-state index contributed by atoms with van der Waals surface area (Å²) in [6, 6.07) is 0. The number of amides is 2. The van der Waals surface area contributed by atoms with Gasteiger partial charge in [-0.15, -0.1) is 11.6 Å². The van der Waals surface area contributed by atoms with E-state index < -0.39 is 26.5 Å². The van der Waals surface area contributed by atoms with E-state index in [9.17, 15) is 18.0 Å². The largest absolute Gasteiger partial charge is 0.337 e. The van der Waals surface area contributed by atoms with Crippen molar-refractivity contribution in [3.63, 3.8) is 0 Å². The first-order chi connectivity index (χ1) is 9.84. The molecule has 1 unspecified atom stereocenters. The van der Waals surface area contributed by atoms with Gasteiger partial charge in [-0.25, -0.2) is 8.42 Å². The summed E-state index contributed by atoms with van der Waals surface area (Å²) in [5.74, 6) is -0.951. The Bertz CT molecular complexity index is 637. The predicted molar refractivity (Wildman–Crippen MR) is 77.2 cm³/mol. The Balaban J connectivity index is 1.96. The molecule has 3 heterocycles. The lowest BCUT2D eigenvalue weighted by Crippen LogP contribution is -2.68. The lowest BCUT2D eigenvalue weighted by molar-refractivity contribution is -0.143. The van der Waals surface area contributed by atoms with Gasteiger partial charge < -0.3 is 4.90 Å². The molecule has 2 atom stereocenters. The van der Waals surface area contributed by atoms with Gasteiger partial charge in [0.05, 0.1) is 5.75 Å². The lowest BCUT2D eigenvalue weighted by atomic mass is 10.1. The van der Waals surface area contributed by atoms with Gasteiger partial charge in [-0.2, -0.15) is 0 Å². The number of halogens is 1. The Labute approximate surface area is 128 Å². The van der Waals surface area contributed by atoms with Crippen molar-refractivity contribution in [2.45, 2.75) is 36.9 Å². The number of β-lactam (4-membered cyclic amide) rings is 1. The number of sulfone groups is 1. The number of fused-ring (bicyclic) bond motifs is 1. The third-order valence-electron chi connectivity index (χ3n) is 4.25. The van der Waals surface area contributed by atoms with Gasteiger partial charge in [0.25, 0.3) is 5.91 Å². The van der Waals surface area contributed by atoms with Crippen LogP contribution >= 0.6 is 11.6 Å². The van der Waals surface area contributed by atoms with E-state index in [4.69, 9.17) is 11.6 Å². The maximum atomic E-state index is 12.7. The molecular formula is C13H17ClN2O4S. The number of likely N-dealkylation sites (tertiary alicyclic amines) is 1. The van der Waals surface area contributed by atoms with Crippen molar-refractivity contribution < 1.29 is 18.0 Å². The Morgan fingerprint density at radius 3 is 2.48 bits per heavy atom. The van der Waals surface area contributed by atoms with Crippen LogP contribution in [0, 0.1) is 0 Å². The average Bonchev–Trinajstić information content (AvgIpc) is 2.45. The highest BCUT2D eigenvalue weighted by Gasteiger charge is 2.59. The summed E-state index contributed by atoms with van der Waals surface area (Å²) in [5, 5.41) is -2.16. The molecule has 3 rings (SSSR count). The first-order valence-corrected chi connectivity index (χ1v) is 9.17. The molecule has 8 heteroatoms. The molecule has 0 N–H and O–H groups in total. The van der Waals surface area contributed by atoms with Gasteiger partial charge >= 0.3 is 0 Å². The standard InChI is InChI=1S/C13H17ClN2O4S/c1-8-7-21(19,20)13-9(14)11(17)16(13)10(8)12(18)15-5-3-2-4-6-15/h9,13H,2-7H2,1H3/t9-,13?/m0/s1. The van der Waals surface area contributed by atoms with Crippen molar-refractivity contribution >= 4 is 33.3 Å². The Kier molecular flexibility index (Phi) is 3.52. The van der Waals surface area contributed by atoms with Gasteiger partial charge in [0, 0.05) is 13.1 Å². The van der Waals surface area contributed by atoms with Crippen LogP contribution in [0.4, 0.5) is 0 Å². The molecule has 0 aromatic carbocycles. The second-order valence-corrected chi connectivity index (χ2v) is 8.36. The van der Waals surface area contributed by atoms with E-state index in [0.717, 1.165) is 24.2 Å². The van der Waals surface area contributed by atoms with Crippen molar-refractivity contribution in [3.05, 3.63) is 11.3 Å². The second kappa shape index (κ2) is 4.98. The summed E-state index contributed by atoms with van der Waals surface area (Å²) in [6.07, 6.45) is 2.96. The molecule has 0 aromatic rings. The zero-order valence-corrected chi connectivity index (χ0v) is 13.3. The minimum Gasteiger partial charge on any atom is -0.337 e. The van der Waals surface area contributed by atoms with Crippen LogP contribution in [-0.2, 0) is 19.4 Å². The summed E-state index contributed by atoms with van der Waals surface area (Å²) in [7, 11) is -3.51. The molecule has 116 valence electrons. The molecule has 0 aliphatic carbocycles. The fraction of sp³-hybridized carbons (Fsp3) is 0.692. The fourth-order valence-electron chi connectivity index (χ4n) is 3.20. The third-order valence-corrected chi connectivity index (χ3v) is 6.88. The summed E-state index contributed by atoms with van der Waals surface area (Å²) >= 11 is 5.84. The fourth-order valence-corrected chi connectivity index (χ4v) is 5.81. The van der Waals surface area contributed by atoms with Gasteiger partial charge in [-0.1, -0.05) is 0 Å². The minimum absolute atomic E-state index is 0.209. The number of carbonyl (C=O) groups is 2. The van der Waals surface area contributed by atoms with E-state index in [1.165, 1.54) is 0 Å². The van der Waals surface area contributed by atoms with Gasteiger partial charge in [-0.3, -0.25) is 14.5 Å². The van der Waals surface area contributed by atoms with Crippen LogP contribution in [0.15, 0.2) is 11.3 Å². The topological polar surface area (TPSA) is 74.8 Å². The highest BCUT2D eigenvalue weighted by atomic mass is 35.5. The van der Waals surface area contributed by atoms with E-state index in [1.54, 1.807) is 11.8 Å². The van der Waals surface area contributed by atoms with Gasteiger partial charge in [-0.05, 0) is 31.8 Å². The van der Waals surface area contributed by atoms with Gasteiger partial charge in [0.15, 0.2) is 15.2 Å². The van der Waals surface area contributed by atoms with Crippen LogP contribution in [0.5, 0.6) is 0 Å². The molecule has 2 fully saturated rings. The summed E-state index contributed by atoms with van der Waals surface area (Å²) in [6.45, 7) is 2.90. The van der Waals surface area contributed by atoms with Crippen molar-refractivity contribution in [3.8, 4) is 0 Å². The molecule has 0 radical (unpaired) electrons. The number of alkyl halides is 1. The van der Waals surface area contributed by atoms with Crippen molar-refractivity contribution in [1.29, 1.82) is 0 Å². The Hall–Kier alpha value is -1.08. The van der Waals surface area contributed by atoms with E-state index in [0.29, 0.717) is 18.7 Å². The molecule has 21 heavy (non-hydrogen) atoms. The molecule has 2 amide bonds. The van der Waals surface area contributed by atoms with Crippen LogP contribution < -0.4 is 0 Å². The molecule has 6 nitrogen and oxygen atoms in total. The highest BCUT2D eigenvalue weighted by molar-refractivity contribution is 7.92. The van der Waals surface area contributed by atoms with Crippen LogP contribution in [0.3, 0.4) is 0 Å². The van der Waals surface area contributed by atoms with Gasteiger partial charge in [0.1, 0.15) is 11.1 Å². The van der Waals surface area contributed by atoms with Crippen molar-refractivity contribution in [2.24, 2.45) is 0 Å². The van der Waals surface area contributed by atoms with E-state index in [2.05, 4.69) is 0 Å². The molecule has 3 aliphatic heterocycles. The molecule has 3 aliphatic rings. The van der Waals surface area contributed by atoms with E-state index >= 15 is 0 Å². The normalized spacial score (nSPS) is 31.8.